The van der Waals surface area contributed by atoms with Crippen molar-refractivity contribution in [3.63, 3.8) is 0 Å². The molecule has 0 spiro atoms. The van der Waals surface area contributed by atoms with Crippen LogP contribution in [0, 0.1) is 0 Å². The smallest absolute Gasteiger partial charge is 0.206 e. The van der Waals surface area contributed by atoms with E-state index in [1.54, 1.807) is 4.57 Å². The van der Waals surface area contributed by atoms with E-state index in [1.165, 1.54) is 0 Å². The van der Waals surface area contributed by atoms with Gasteiger partial charge in [0.25, 0.3) is 0 Å². The molecule has 1 fully saturated rings. The van der Waals surface area contributed by atoms with E-state index >= 15 is 0 Å². The Balaban J connectivity index is 1.46. The minimum absolute atomic E-state index is 0.0202. The number of fused-ring (bicyclic) bond motifs is 1. The van der Waals surface area contributed by atoms with Crippen molar-refractivity contribution in [2.45, 2.75) is 51.0 Å². The summed E-state index contributed by atoms with van der Waals surface area (Å²) in [5.41, 5.74) is 4.56. The predicted molar refractivity (Wildman–Crippen MR) is 138 cm³/mol. The van der Waals surface area contributed by atoms with Crippen molar-refractivity contribution in [2.24, 2.45) is 0 Å². The minimum atomic E-state index is -1.21. The lowest BCUT2D eigenvalue weighted by Crippen LogP contribution is -2.33. The minimum Gasteiger partial charge on any atom is -0.490 e. The summed E-state index contributed by atoms with van der Waals surface area (Å²) in [7, 11) is 0. The van der Waals surface area contributed by atoms with Crippen LogP contribution < -0.4 is 10.1 Å². The van der Waals surface area contributed by atoms with Crippen molar-refractivity contribution >= 4 is 17.0 Å². The predicted octanol–water partition coefficient (Wildman–Crippen LogP) is 3.71. The van der Waals surface area contributed by atoms with E-state index in [-0.39, 0.29) is 6.10 Å². The molecule has 8 heteroatoms. The van der Waals surface area contributed by atoms with Crippen LogP contribution in [0.15, 0.2) is 72.8 Å². The number of nitrogens with zero attached hydrogens (tertiary/aromatic N) is 2. The van der Waals surface area contributed by atoms with Crippen LogP contribution >= 0.6 is 0 Å². The van der Waals surface area contributed by atoms with Gasteiger partial charge >= 0.3 is 0 Å². The molecule has 1 aromatic heterocycles. The zero-order chi connectivity index (χ0) is 25.2. The number of aliphatic hydroxyl groups excluding tert-OH is 3. The summed E-state index contributed by atoms with van der Waals surface area (Å²) >= 11 is 0. The molecule has 0 aliphatic carbocycles. The highest BCUT2D eigenvalue weighted by Gasteiger charge is 2.44. The second kappa shape index (κ2) is 10.3. The molecule has 1 aliphatic heterocycles. The van der Waals surface area contributed by atoms with E-state index in [2.05, 4.69) is 23.5 Å². The fourth-order valence-corrected chi connectivity index (χ4v) is 4.59. The first-order valence-electron chi connectivity index (χ1n) is 12.1. The first-order chi connectivity index (χ1) is 17.5. The topological polar surface area (TPSA) is 109 Å². The van der Waals surface area contributed by atoms with E-state index in [0.29, 0.717) is 12.5 Å². The lowest BCUT2D eigenvalue weighted by Gasteiger charge is -2.21. The molecule has 0 saturated carbocycles. The van der Waals surface area contributed by atoms with Gasteiger partial charge in [0.1, 0.15) is 24.1 Å². The molecule has 188 valence electrons. The van der Waals surface area contributed by atoms with Gasteiger partial charge in [0.2, 0.25) is 5.95 Å². The third-order valence-corrected chi connectivity index (χ3v) is 6.31. The molecule has 0 unspecified atom stereocenters. The third-order valence-electron chi connectivity index (χ3n) is 6.31. The lowest BCUT2D eigenvalue weighted by atomic mass is 10.0. The number of imidazole rings is 1. The van der Waals surface area contributed by atoms with Crippen LogP contribution in [0.4, 0.5) is 5.95 Å². The Morgan fingerprint density at radius 1 is 1.00 bits per heavy atom. The summed E-state index contributed by atoms with van der Waals surface area (Å²) in [6, 6.07) is 23.8. The largest absolute Gasteiger partial charge is 0.490 e. The average Bonchev–Trinajstić information content (AvgIpc) is 3.39. The number of aromatic nitrogens is 2. The van der Waals surface area contributed by atoms with Crippen LogP contribution in [-0.2, 0) is 11.3 Å². The fraction of sp³-hybridized carbons (Fsp3) is 0.321. The highest BCUT2D eigenvalue weighted by Crippen LogP contribution is 2.36. The van der Waals surface area contributed by atoms with Gasteiger partial charge < -0.3 is 30.1 Å². The summed E-state index contributed by atoms with van der Waals surface area (Å²) in [5, 5.41) is 33.9. The SMILES string of the molecule is CC(C)Oc1cc(CNc2nc3ccccc3n2[C@@H]2O[C@H](CO)[C@@H](O)[C@H]2O)ccc1-c1ccccc1. The molecule has 0 bridgehead atoms. The van der Waals surface area contributed by atoms with Crippen molar-refractivity contribution < 1.29 is 24.8 Å². The molecular weight excluding hydrogens is 458 g/mol. The number of para-hydroxylation sites is 2. The number of aliphatic hydroxyl groups is 3. The molecule has 8 nitrogen and oxygen atoms in total. The quantitative estimate of drug-likeness (QED) is 0.299. The maximum atomic E-state index is 10.7. The second-order valence-corrected chi connectivity index (χ2v) is 9.24. The zero-order valence-corrected chi connectivity index (χ0v) is 20.3. The molecule has 1 aliphatic rings. The highest BCUT2D eigenvalue weighted by molar-refractivity contribution is 5.79. The number of benzene rings is 3. The molecule has 0 radical (unpaired) electrons. The van der Waals surface area contributed by atoms with Gasteiger partial charge in [0.05, 0.1) is 23.7 Å². The van der Waals surface area contributed by atoms with Gasteiger partial charge in [-0.15, -0.1) is 0 Å². The first-order valence-corrected chi connectivity index (χ1v) is 12.1. The van der Waals surface area contributed by atoms with Crippen molar-refractivity contribution in [3.05, 3.63) is 78.4 Å². The normalized spacial score (nSPS) is 21.8. The van der Waals surface area contributed by atoms with Crippen molar-refractivity contribution in [1.29, 1.82) is 0 Å². The Labute approximate surface area is 209 Å². The van der Waals surface area contributed by atoms with Gasteiger partial charge in [-0.1, -0.05) is 54.6 Å². The molecule has 2 heterocycles. The van der Waals surface area contributed by atoms with E-state index in [9.17, 15) is 15.3 Å². The van der Waals surface area contributed by atoms with Crippen LogP contribution in [0.25, 0.3) is 22.2 Å². The summed E-state index contributed by atoms with van der Waals surface area (Å²) in [5.74, 6) is 1.29. The van der Waals surface area contributed by atoms with Gasteiger partial charge in [-0.2, -0.15) is 0 Å². The average molecular weight is 490 g/mol. The highest BCUT2D eigenvalue weighted by atomic mass is 16.6. The number of rotatable bonds is 8. The van der Waals surface area contributed by atoms with Gasteiger partial charge in [0, 0.05) is 12.1 Å². The van der Waals surface area contributed by atoms with Gasteiger partial charge in [-0.3, -0.25) is 4.57 Å². The zero-order valence-electron chi connectivity index (χ0n) is 20.3. The van der Waals surface area contributed by atoms with E-state index in [0.717, 1.165) is 33.5 Å². The molecule has 36 heavy (non-hydrogen) atoms. The standard InChI is InChI=1S/C28H31N3O5/c1-17(2)35-23-14-18(12-13-20(23)19-8-4-3-5-9-19)15-29-28-30-21-10-6-7-11-22(21)31(28)27-26(34)25(33)24(16-32)36-27/h3-14,17,24-27,32-34H,15-16H2,1-2H3,(H,29,30)/t24-,25-,26-,27-/m1/s1. The number of hydrogen-bond acceptors (Lipinski definition) is 7. The fourth-order valence-electron chi connectivity index (χ4n) is 4.59. The van der Waals surface area contributed by atoms with Gasteiger partial charge in [-0.05, 0) is 43.2 Å². The molecule has 4 N–H and O–H groups in total. The number of hydrogen-bond donors (Lipinski definition) is 4. The van der Waals surface area contributed by atoms with Crippen LogP contribution in [0.1, 0.15) is 25.6 Å². The Hall–Kier alpha value is -3.43. The summed E-state index contributed by atoms with van der Waals surface area (Å²) in [6.45, 7) is 4.06. The molecule has 4 atom stereocenters. The van der Waals surface area contributed by atoms with Crippen molar-refractivity contribution in [3.8, 4) is 16.9 Å². The van der Waals surface area contributed by atoms with Crippen molar-refractivity contribution in [1.82, 2.24) is 9.55 Å². The van der Waals surface area contributed by atoms with Crippen LogP contribution in [0.5, 0.6) is 5.75 Å². The van der Waals surface area contributed by atoms with Crippen LogP contribution in [0.3, 0.4) is 0 Å². The first kappa shape index (κ1) is 24.3. The molecule has 0 amide bonds. The molecule has 4 aromatic rings. The Bertz CT molecular complexity index is 1320. The van der Waals surface area contributed by atoms with Gasteiger partial charge in [0.15, 0.2) is 6.23 Å². The maximum absolute atomic E-state index is 10.7. The van der Waals surface area contributed by atoms with E-state index in [4.69, 9.17) is 14.5 Å². The third kappa shape index (κ3) is 4.68. The summed E-state index contributed by atoms with van der Waals surface area (Å²) in [4.78, 5) is 4.70. The number of nitrogens with one attached hydrogen (secondary N) is 1. The van der Waals surface area contributed by atoms with E-state index in [1.807, 2.05) is 68.4 Å². The van der Waals surface area contributed by atoms with Crippen molar-refractivity contribution in [2.75, 3.05) is 11.9 Å². The molecule has 5 rings (SSSR count). The Morgan fingerprint density at radius 3 is 2.47 bits per heavy atom. The maximum Gasteiger partial charge on any atom is 0.206 e. The number of ether oxygens (including phenoxy) is 2. The van der Waals surface area contributed by atoms with Crippen LogP contribution in [0.2, 0.25) is 0 Å². The monoisotopic (exact) mass is 489 g/mol. The summed E-state index contributed by atoms with van der Waals surface area (Å²) < 4.78 is 13.7. The van der Waals surface area contributed by atoms with E-state index < -0.39 is 31.1 Å². The number of anilines is 1. The lowest BCUT2D eigenvalue weighted by molar-refractivity contribution is -0.0499. The molecular formula is C28H31N3O5. The van der Waals surface area contributed by atoms with Gasteiger partial charge in [-0.25, -0.2) is 4.98 Å². The molecule has 1 saturated heterocycles. The van der Waals surface area contributed by atoms with Crippen LogP contribution in [-0.4, -0.2) is 55.9 Å². The molecule has 3 aromatic carbocycles. The second-order valence-electron chi connectivity index (χ2n) is 9.24. The summed E-state index contributed by atoms with van der Waals surface area (Å²) in [6.07, 6.45) is -4.16. The Morgan fingerprint density at radius 2 is 1.75 bits per heavy atom. The Kier molecular flexibility index (Phi) is 6.93.